The number of hydrogen-bond acceptors (Lipinski definition) is 4. The van der Waals surface area contributed by atoms with Crippen molar-refractivity contribution >= 4 is 17.5 Å². The van der Waals surface area contributed by atoms with Crippen molar-refractivity contribution in [1.82, 2.24) is 19.6 Å². The second-order valence-corrected chi connectivity index (χ2v) is 8.35. The van der Waals surface area contributed by atoms with Crippen LogP contribution in [0.1, 0.15) is 47.5 Å². The van der Waals surface area contributed by atoms with Crippen LogP contribution >= 0.6 is 0 Å². The highest BCUT2D eigenvalue weighted by atomic mass is 16.2. The van der Waals surface area contributed by atoms with E-state index in [2.05, 4.69) is 29.2 Å². The lowest BCUT2D eigenvalue weighted by Crippen LogP contribution is -2.47. The predicted octanol–water partition coefficient (Wildman–Crippen LogP) is 2.45. The van der Waals surface area contributed by atoms with E-state index >= 15 is 0 Å². The van der Waals surface area contributed by atoms with E-state index in [1.807, 2.05) is 36.5 Å². The summed E-state index contributed by atoms with van der Waals surface area (Å²) < 4.78 is 1.87. The van der Waals surface area contributed by atoms with Crippen LogP contribution in [-0.2, 0) is 16.1 Å². The molecule has 152 valence electrons. The normalized spacial score (nSPS) is 18.0. The molecule has 1 aliphatic rings. The number of likely N-dealkylation sites (tertiary alicyclic amines) is 1. The largest absolute Gasteiger partial charge is 0.341 e. The fraction of sp³-hybridized carbons (Fsp3) is 0.750. The van der Waals surface area contributed by atoms with Gasteiger partial charge in [-0.25, -0.2) is 0 Å². The standard InChI is InChI=1S/C20H35N5O2/c1-6-23(7-2)11-12-25-15-17(13-21-25)22-18(26)16-9-8-10-24(14-16)19(27)20(3,4)5/h13,15-16H,6-12,14H2,1-5H3,(H,22,26). The monoisotopic (exact) mass is 377 g/mol. The molecule has 1 aliphatic heterocycles. The Bertz CT molecular complexity index is 631. The number of likely N-dealkylation sites (N-methyl/N-ethyl adjacent to an activating group) is 1. The van der Waals surface area contributed by atoms with E-state index in [4.69, 9.17) is 0 Å². The fourth-order valence-corrected chi connectivity index (χ4v) is 3.43. The predicted molar refractivity (Wildman–Crippen MR) is 107 cm³/mol. The van der Waals surface area contributed by atoms with Gasteiger partial charge in [0.2, 0.25) is 11.8 Å². The number of nitrogens with one attached hydrogen (secondary N) is 1. The van der Waals surface area contributed by atoms with Crippen LogP contribution in [0.25, 0.3) is 0 Å². The third-order valence-corrected chi connectivity index (χ3v) is 5.16. The molecule has 0 aromatic carbocycles. The molecule has 1 unspecified atom stereocenters. The van der Waals surface area contributed by atoms with Crippen LogP contribution in [-0.4, -0.2) is 64.1 Å². The Morgan fingerprint density at radius 1 is 1.30 bits per heavy atom. The topological polar surface area (TPSA) is 70.5 Å². The maximum Gasteiger partial charge on any atom is 0.229 e. The Hall–Kier alpha value is -1.89. The molecule has 0 saturated carbocycles. The molecule has 7 nitrogen and oxygen atoms in total. The first-order valence-electron chi connectivity index (χ1n) is 10.1. The number of nitrogens with zero attached hydrogens (tertiary/aromatic N) is 4. The van der Waals surface area contributed by atoms with Gasteiger partial charge < -0.3 is 15.1 Å². The van der Waals surface area contributed by atoms with Gasteiger partial charge in [-0.2, -0.15) is 5.10 Å². The highest BCUT2D eigenvalue weighted by molar-refractivity contribution is 5.93. The molecule has 0 radical (unpaired) electrons. The number of rotatable bonds is 7. The summed E-state index contributed by atoms with van der Waals surface area (Å²) in [5, 5.41) is 7.31. The van der Waals surface area contributed by atoms with Gasteiger partial charge in [-0.3, -0.25) is 14.3 Å². The molecule has 0 aliphatic carbocycles. The molecule has 0 bridgehead atoms. The molecule has 0 spiro atoms. The van der Waals surface area contributed by atoms with Crippen LogP contribution in [0.15, 0.2) is 12.4 Å². The van der Waals surface area contributed by atoms with E-state index < -0.39 is 5.41 Å². The molecule has 2 rings (SSSR count). The number of carbonyl (C=O) groups excluding carboxylic acids is 2. The molecular formula is C20H35N5O2. The van der Waals surface area contributed by atoms with Gasteiger partial charge in [0.1, 0.15) is 0 Å². The van der Waals surface area contributed by atoms with Crippen LogP contribution in [0.2, 0.25) is 0 Å². The van der Waals surface area contributed by atoms with E-state index in [0.29, 0.717) is 6.54 Å². The van der Waals surface area contributed by atoms with Crippen LogP contribution in [0.5, 0.6) is 0 Å². The number of anilines is 1. The molecule has 1 aromatic heterocycles. The number of carbonyl (C=O) groups is 2. The van der Waals surface area contributed by atoms with Crippen LogP contribution < -0.4 is 5.32 Å². The van der Waals surface area contributed by atoms with Crippen molar-refractivity contribution in [3.8, 4) is 0 Å². The minimum Gasteiger partial charge on any atom is -0.341 e. The molecule has 1 aromatic rings. The zero-order chi connectivity index (χ0) is 20.0. The maximum atomic E-state index is 12.7. The van der Waals surface area contributed by atoms with Crippen molar-refractivity contribution in [2.75, 3.05) is 38.0 Å². The van der Waals surface area contributed by atoms with Gasteiger partial charge in [0.05, 0.1) is 24.3 Å². The first-order chi connectivity index (χ1) is 12.7. The summed E-state index contributed by atoms with van der Waals surface area (Å²) in [5.41, 5.74) is 0.309. The lowest BCUT2D eigenvalue weighted by Gasteiger charge is -2.35. The minimum absolute atomic E-state index is 0.0234. The molecule has 2 heterocycles. The van der Waals surface area contributed by atoms with Gasteiger partial charge in [-0.1, -0.05) is 34.6 Å². The first-order valence-corrected chi connectivity index (χ1v) is 10.1. The van der Waals surface area contributed by atoms with Crippen LogP contribution in [0.4, 0.5) is 5.69 Å². The number of piperidine rings is 1. The molecule has 1 atom stereocenters. The average Bonchev–Trinajstić information content (AvgIpc) is 3.08. The average molecular weight is 378 g/mol. The van der Waals surface area contributed by atoms with Gasteiger partial charge in [0.15, 0.2) is 0 Å². The summed E-state index contributed by atoms with van der Waals surface area (Å²) in [4.78, 5) is 29.3. The summed E-state index contributed by atoms with van der Waals surface area (Å²) >= 11 is 0. The molecule has 27 heavy (non-hydrogen) atoms. The highest BCUT2D eigenvalue weighted by Gasteiger charge is 2.33. The molecule has 1 saturated heterocycles. The number of hydrogen-bond donors (Lipinski definition) is 1. The summed E-state index contributed by atoms with van der Waals surface area (Å²) in [6, 6.07) is 0. The van der Waals surface area contributed by atoms with E-state index in [1.165, 1.54) is 0 Å². The zero-order valence-corrected chi connectivity index (χ0v) is 17.5. The van der Waals surface area contributed by atoms with Gasteiger partial charge >= 0.3 is 0 Å². The van der Waals surface area contributed by atoms with Crippen molar-refractivity contribution < 1.29 is 9.59 Å². The van der Waals surface area contributed by atoms with Crippen molar-refractivity contribution in [2.24, 2.45) is 11.3 Å². The molecule has 1 fully saturated rings. The molecular weight excluding hydrogens is 342 g/mol. The summed E-state index contributed by atoms with van der Waals surface area (Å²) in [6.45, 7) is 15.1. The zero-order valence-electron chi connectivity index (χ0n) is 17.5. The van der Waals surface area contributed by atoms with Gasteiger partial charge in [0.25, 0.3) is 0 Å². The Morgan fingerprint density at radius 3 is 2.63 bits per heavy atom. The summed E-state index contributed by atoms with van der Waals surface area (Å²) in [5.74, 6) is -0.0713. The summed E-state index contributed by atoms with van der Waals surface area (Å²) in [6.07, 6.45) is 5.25. The van der Waals surface area contributed by atoms with Gasteiger partial charge in [-0.05, 0) is 25.9 Å². The minimum atomic E-state index is -0.412. The van der Waals surface area contributed by atoms with Crippen molar-refractivity contribution in [3.05, 3.63) is 12.4 Å². The Kier molecular flexibility index (Phi) is 7.41. The SMILES string of the molecule is CCN(CC)CCn1cc(NC(=O)C2CCCN(C(=O)C(C)(C)C)C2)cn1. The fourth-order valence-electron chi connectivity index (χ4n) is 3.43. The molecule has 1 N–H and O–H groups in total. The molecule has 7 heteroatoms. The van der Waals surface area contributed by atoms with E-state index in [1.54, 1.807) is 6.20 Å². The number of amides is 2. The highest BCUT2D eigenvalue weighted by Crippen LogP contribution is 2.24. The van der Waals surface area contributed by atoms with Crippen molar-refractivity contribution in [3.63, 3.8) is 0 Å². The van der Waals surface area contributed by atoms with E-state index in [-0.39, 0.29) is 17.7 Å². The number of aromatic nitrogens is 2. The van der Waals surface area contributed by atoms with Crippen molar-refractivity contribution in [1.29, 1.82) is 0 Å². The van der Waals surface area contributed by atoms with Gasteiger partial charge in [-0.15, -0.1) is 0 Å². The van der Waals surface area contributed by atoms with Crippen molar-refractivity contribution in [2.45, 2.75) is 54.0 Å². The van der Waals surface area contributed by atoms with Crippen LogP contribution in [0.3, 0.4) is 0 Å². The Morgan fingerprint density at radius 2 is 2.00 bits per heavy atom. The Balaban J connectivity index is 1.88. The first kappa shape index (κ1) is 21.4. The smallest absolute Gasteiger partial charge is 0.229 e. The van der Waals surface area contributed by atoms with Gasteiger partial charge in [0, 0.05) is 31.2 Å². The third-order valence-electron chi connectivity index (χ3n) is 5.16. The van der Waals surface area contributed by atoms with Crippen LogP contribution in [0, 0.1) is 11.3 Å². The van der Waals surface area contributed by atoms with E-state index in [0.717, 1.165) is 51.3 Å². The lowest BCUT2D eigenvalue weighted by atomic mass is 9.91. The lowest BCUT2D eigenvalue weighted by molar-refractivity contribution is -0.142. The third kappa shape index (κ3) is 6.06. The molecule has 2 amide bonds. The maximum absolute atomic E-state index is 12.7. The second-order valence-electron chi connectivity index (χ2n) is 8.35. The Labute approximate surface area is 163 Å². The second kappa shape index (κ2) is 9.35. The quantitative estimate of drug-likeness (QED) is 0.792. The summed E-state index contributed by atoms with van der Waals surface area (Å²) in [7, 11) is 0. The van der Waals surface area contributed by atoms with E-state index in [9.17, 15) is 9.59 Å².